The molecule has 0 saturated carbocycles. The highest BCUT2D eigenvalue weighted by atomic mass is 35.5. The van der Waals surface area contributed by atoms with Crippen molar-refractivity contribution in [2.45, 2.75) is 11.4 Å². The lowest BCUT2D eigenvalue weighted by atomic mass is 10.2. The largest absolute Gasteiger partial charge is 0.275 e. The van der Waals surface area contributed by atoms with Crippen molar-refractivity contribution >= 4 is 21.6 Å². The van der Waals surface area contributed by atoms with E-state index in [1.54, 1.807) is 24.1 Å². The van der Waals surface area contributed by atoms with E-state index in [1.807, 2.05) is 6.07 Å². The molecule has 0 unspecified atom stereocenters. The second-order valence-electron chi connectivity index (χ2n) is 4.10. The molecule has 1 heterocycles. The fourth-order valence-electron chi connectivity index (χ4n) is 1.61. The highest BCUT2D eigenvalue weighted by Gasteiger charge is 2.18. The standard InChI is InChI=1S/C12H11ClN4O2S/c1-17-8-10(6-15-17)7-16-20(18,19)12-3-2-9(5-14)4-11(12)13/h2-4,6,8,16H,7H2,1H3. The average molecular weight is 311 g/mol. The van der Waals surface area contributed by atoms with Crippen molar-refractivity contribution in [3.63, 3.8) is 0 Å². The maximum atomic E-state index is 12.1. The summed E-state index contributed by atoms with van der Waals surface area (Å²) in [4.78, 5) is -0.0537. The quantitative estimate of drug-likeness (QED) is 0.925. The molecule has 2 rings (SSSR count). The molecule has 0 aliphatic rings. The summed E-state index contributed by atoms with van der Waals surface area (Å²) in [6.07, 6.45) is 3.28. The van der Waals surface area contributed by atoms with Gasteiger partial charge in [0.25, 0.3) is 0 Å². The van der Waals surface area contributed by atoms with Crippen molar-refractivity contribution in [1.82, 2.24) is 14.5 Å². The van der Waals surface area contributed by atoms with E-state index in [0.717, 1.165) is 5.56 Å². The minimum absolute atomic E-state index is 0.0164. The van der Waals surface area contributed by atoms with Gasteiger partial charge in [0, 0.05) is 25.4 Å². The molecule has 0 amide bonds. The Kier molecular flexibility index (Phi) is 4.09. The third-order valence-corrected chi connectivity index (χ3v) is 4.46. The first-order valence-electron chi connectivity index (χ1n) is 5.59. The van der Waals surface area contributed by atoms with Gasteiger partial charge in [-0.3, -0.25) is 4.68 Å². The van der Waals surface area contributed by atoms with Crippen LogP contribution >= 0.6 is 11.6 Å². The predicted molar refractivity (Wildman–Crippen MR) is 73.4 cm³/mol. The van der Waals surface area contributed by atoms with Crippen molar-refractivity contribution in [2.24, 2.45) is 7.05 Å². The van der Waals surface area contributed by atoms with Crippen LogP contribution in [0.2, 0.25) is 5.02 Å². The van der Waals surface area contributed by atoms with Gasteiger partial charge in [0.15, 0.2) is 0 Å². The number of sulfonamides is 1. The third kappa shape index (κ3) is 3.17. The zero-order valence-electron chi connectivity index (χ0n) is 10.5. The van der Waals surface area contributed by atoms with Crippen LogP contribution in [0.4, 0.5) is 0 Å². The minimum atomic E-state index is -3.73. The molecule has 0 atom stereocenters. The third-order valence-electron chi connectivity index (χ3n) is 2.58. The minimum Gasteiger partial charge on any atom is -0.275 e. The van der Waals surface area contributed by atoms with Gasteiger partial charge < -0.3 is 0 Å². The van der Waals surface area contributed by atoms with Gasteiger partial charge >= 0.3 is 0 Å². The van der Waals surface area contributed by atoms with Crippen molar-refractivity contribution in [2.75, 3.05) is 0 Å². The van der Waals surface area contributed by atoms with E-state index >= 15 is 0 Å². The molecular formula is C12H11ClN4O2S. The Balaban J connectivity index is 2.20. The van der Waals surface area contributed by atoms with E-state index in [4.69, 9.17) is 16.9 Å². The summed E-state index contributed by atoms with van der Waals surface area (Å²) < 4.78 is 28.3. The number of nitriles is 1. The number of rotatable bonds is 4. The van der Waals surface area contributed by atoms with E-state index in [-0.39, 0.29) is 16.5 Å². The van der Waals surface area contributed by atoms with E-state index in [0.29, 0.717) is 5.56 Å². The van der Waals surface area contributed by atoms with Gasteiger partial charge in [-0.1, -0.05) is 11.6 Å². The molecular weight excluding hydrogens is 300 g/mol. The molecule has 0 aliphatic heterocycles. The summed E-state index contributed by atoms with van der Waals surface area (Å²) in [7, 11) is -1.99. The van der Waals surface area contributed by atoms with Crippen LogP contribution in [0.25, 0.3) is 0 Å². The highest BCUT2D eigenvalue weighted by molar-refractivity contribution is 7.89. The van der Waals surface area contributed by atoms with Crippen LogP contribution < -0.4 is 4.72 Å². The first-order valence-corrected chi connectivity index (χ1v) is 7.45. The maximum Gasteiger partial charge on any atom is 0.242 e. The lowest BCUT2D eigenvalue weighted by Gasteiger charge is -2.07. The highest BCUT2D eigenvalue weighted by Crippen LogP contribution is 2.22. The Bertz CT molecular complexity index is 777. The molecule has 8 heteroatoms. The number of hydrogen-bond donors (Lipinski definition) is 1. The summed E-state index contributed by atoms with van der Waals surface area (Å²) in [5, 5.41) is 12.7. The molecule has 0 saturated heterocycles. The van der Waals surface area contributed by atoms with E-state index in [2.05, 4.69) is 9.82 Å². The van der Waals surface area contributed by atoms with E-state index in [1.165, 1.54) is 18.2 Å². The van der Waals surface area contributed by atoms with Crippen molar-refractivity contribution < 1.29 is 8.42 Å². The molecule has 1 aromatic carbocycles. The number of nitrogens with zero attached hydrogens (tertiary/aromatic N) is 3. The molecule has 0 bridgehead atoms. The van der Waals surface area contributed by atoms with Crippen molar-refractivity contribution in [1.29, 1.82) is 5.26 Å². The summed E-state index contributed by atoms with van der Waals surface area (Å²) in [6.45, 7) is 0.118. The summed E-state index contributed by atoms with van der Waals surface area (Å²) in [5.74, 6) is 0. The molecule has 0 fully saturated rings. The second kappa shape index (κ2) is 5.63. The Hall–Kier alpha value is -1.88. The molecule has 1 aromatic heterocycles. The van der Waals surface area contributed by atoms with Crippen LogP contribution in [0, 0.1) is 11.3 Å². The SMILES string of the molecule is Cn1cc(CNS(=O)(=O)c2ccc(C#N)cc2Cl)cn1. The molecule has 0 spiro atoms. The van der Waals surface area contributed by atoms with E-state index < -0.39 is 10.0 Å². The monoisotopic (exact) mass is 310 g/mol. The number of benzene rings is 1. The molecule has 20 heavy (non-hydrogen) atoms. The topological polar surface area (TPSA) is 87.8 Å². The number of aromatic nitrogens is 2. The lowest BCUT2D eigenvalue weighted by Crippen LogP contribution is -2.23. The van der Waals surface area contributed by atoms with Crippen molar-refractivity contribution in [3.05, 3.63) is 46.7 Å². The van der Waals surface area contributed by atoms with Gasteiger partial charge in [-0.2, -0.15) is 10.4 Å². The average Bonchev–Trinajstić information content (AvgIpc) is 2.82. The Morgan fingerprint density at radius 3 is 2.80 bits per heavy atom. The van der Waals surface area contributed by atoms with Gasteiger partial charge in [0.2, 0.25) is 10.0 Å². The zero-order valence-corrected chi connectivity index (χ0v) is 12.1. The van der Waals surface area contributed by atoms with Gasteiger partial charge in [-0.25, -0.2) is 13.1 Å². The smallest absolute Gasteiger partial charge is 0.242 e. The van der Waals surface area contributed by atoms with Crippen LogP contribution in [0.1, 0.15) is 11.1 Å². The zero-order chi connectivity index (χ0) is 14.8. The second-order valence-corrected chi connectivity index (χ2v) is 6.25. The first-order chi connectivity index (χ1) is 9.42. The van der Waals surface area contributed by atoms with Gasteiger partial charge in [0.1, 0.15) is 4.90 Å². The Morgan fingerprint density at radius 1 is 1.50 bits per heavy atom. The fraction of sp³-hybridized carbons (Fsp3) is 0.167. The van der Waals surface area contributed by atoms with Gasteiger partial charge in [-0.05, 0) is 18.2 Å². The van der Waals surface area contributed by atoms with Crippen LogP contribution in [0.5, 0.6) is 0 Å². The van der Waals surface area contributed by atoms with Crippen LogP contribution in [-0.2, 0) is 23.6 Å². The first kappa shape index (κ1) is 14.5. The molecule has 104 valence electrons. The number of halogens is 1. The Labute approximate surface area is 121 Å². The fourth-order valence-corrected chi connectivity index (χ4v) is 3.17. The number of nitrogens with one attached hydrogen (secondary N) is 1. The van der Waals surface area contributed by atoms with Gasteiger partial charge in [0.05, 0.1) is 22.9 Å². The summed E-state index contributed by atoms with van der Waals surface area (Å²) in [6, 6.07) is 5.94. The number of aryl methyl sites for hydroxylation is 1. The molecule has 2 aromatic rings. The summed E-state index contributed by atoms with van der Waals surface area (Å²) >= 11 is 5.89. The Morgan fingerprint density at radius 2 is 2.25 bits per heavy atom. The van der Waals surface area contributed by atoms with Crippen LogP contribution in [0.3, 0.4) is 0 Å². The molecule has 6 nitrogen and oxygen atoms in total. The van der Waals surface area contributed by atoms with E-state index in [9.17, 15) is 8.42 Å². The van der Waals surface area contributed by atoms with Crippen LogP contribution in [0.15, 0.2) is 35.5 Å². The molecule has 0 radical (unpaired) electrons. The molecule has 1 N–H and O–H groups in total. The van der Waals surface area contributed by atoms with Gasteiger partial charge in [-0.15, -0.1) is 0 Å². The maximum absolute atomic E-state index is 12.1. The van der Waals surface area contributed by atoms with Crippen LogP contribution in [-0.4, -0.2) is 18.2 Å². The normalized spacial score (nSPS) is 11.2. The summed E-state index contributed by atoms with van der Waals surface area (Å²) in [5.41, 5.74) is 1.04. The molecule has 0 aliphatic carbocycles. The number of hydrogen-bond acceptors (Lipinski definition) is 4. The predicted octanol–water partition coefficient (Wildman–Crippen LogP) is 1.42. The van der Waals surface area contributed by atoms with Crippen molar-refractivity contribution in [3.8, 4) is 6.07 Å². The lowest BCUT2D eigenvalue weighted by molar-refractivity contribution is 0.581.